The van der Waals surface area contributed by atoms with Crippen LogP contribution < -0.4 is 11.1 Å². The normalized spacial score (nSPS) is 23.8. The summed E-state index contributed by atoms with van der Waals surface area (Å²) in [5.74, 6) is 0.659. The predicted molar refractivity (Wildman–Crippen MR) is 89.2 cm³/mol. The molecule has 0 saturated carbocycles. The van der Waals surface area contributed by atoms with Gasteiger partial charge in [0.1, 0.15) is 0 Å². The molecular weight excluding hydrogens is 262 g/mol. The lowest BCUT2D eigenvalue weighted by molar-refractivity contribution is -0.124. The maximum Gasteiger partial charge on any atom is 0.237 e. The molecule has 4 heteroatoms. The van der Waals surface area contributed by atoms with Gasteiger partial charge in [0.2, 0.25) is 5.91 Å². The molecule has 21 heavy (non-hydrogen) atoms. The molecular formula is C17H35N3O. The van der Waals surface area contributed by atoms with E-state index >= 15 is 0 Å². The number of likely N-dealkylation sites (tertiary alicyclic amines) is 1. The topological polar surface area (TPSA) is 58.4 Å². The summed E-state index contributed by atoms with van der Waals surface area (Å²) in [6.07, 6.45) is 7.40. The van der Waals surface area contributed by atoms with Gasteiger partial charge >= 0.3 is 0 Å². The molecule has 1 aliphatic heterocycles. The molecule has 0 aromatic heterocycles. The van der Waals surface area contributed by atoms with Gasteiger partial charge in [-0.05, 0) is 65.5 Å². The second-order valence-corrected chi connectivity index (χ2v) is 7.17. The average Bonchev–Trinajstić information content (AvgIpc) is 2.61. The van der Waals surface area contributed by atoms with Crippen molar-refractivity contribution in [2.24, 2.45) is 11.7 Å². The van der Waals surface area contributed by atoms with E-state index in [2.05, 4.69) is 31.0 Å². The molecule has 1 amide bonds. The SMILES string of the molecule is CCCC1CCCN(CCC(C)(NC(C)C)C(N)=O)CC1. The lowest BCUT2D eigenvalue weighted by Gasteiger charge is -2.32. The molecule has 3 N–H and O–H groups in total. The molecule has 0 radical (unpaired) electrons. The molecule has 0 bridgehead atoms. The largest absolute Gasteiger partial charge is 0.368 e. The molecule has 0 spiro atoms. The quantitative estimate of drug-likeness (QED) is 0.724. The number of carbonyl (C=O) groups excluding carboxylic acids is 1. The summed E-state index contributed by atoms with van der Waals surface area (Å²) in [7, 11) is 0. The van der Waals surface area contributed by atoms with Crippen LogP contribution in [0.25, 0.3) is 0 Å². The number of carbonyl (C=O) groups is 1. The fourth-order valence-electron chi connectivity index (χ4n) is 3.43. The summed E-state index contributed by atoms with van der Waals surface area (Å²) >= 11 is 0. The van der Waals surface area contributed by atoms with Crippen LogP contribution in [0.3, 0.4) is 0 Å². The Morgan fingerprint density at radius 2 is 2.10 bits per heavy atom. The predicted octanol–water partition coefficient (Wildman–Crippen LogP) is 2.52. The third-order valence-electron chi connectivity index (χ3n) is 4.72. The third kappa shape index (κ3) is 6.35. The van der Waals surface area contributed by atoms with Crippen molar-refractivity contribution >= 4 is 5.91 Å². The Labute approximate surface area is 130 Å². The van der Waals surface area contributed by atoms with Crippen LogP contribution in [0.4, 0.5) is 0 Å². The number of rotatable bonds is 8. The van der Waals surface area contributed by atoms with Crippen molar-refractivity contribution in [3.8, 4) is 0 Å². The molecule has 0 aliphatic carbocycles. The van der Waals surface area contributed by atoms with Gasteiger partial charge in [0.05, 0.1) is 5.54 Å². The van der Waals surface area contributed by atoms with Crippen molar-refractivity contribution < 1.29 is 4.79 Å². The highest BCUT2D eigenvalue weighted by Crippen LogP contribution is 2.22. The smallest absolute Gasteiger partial charge is 0.237 e. The van der Waals surface area contributed by atoms with Crippen LogP contribution >= 0.6 is 0 Å². The summed E-state index contributed by atoms with van der Waals surface area (Å²) < 4.78 is 0. The Kier molecular flexibility index (Phi) is 7.67. The number of hydrogen-bond donors (Lipinski definition) is 2. The molecule has 1 aliphatic rings. The van der Waals surface area contributed by atoms with Gasteiger partial charge in [0, 0.05) is 12.6 Å². The molecule has 1 fully saturated rings. The minimum absolute atomic E-state index is 0.241. The first kappa shape index (κ1) is 18.4. The van der Waals surface area contributed by atoms with Crippen LogP contribution in [-0.2, 0) is 4.79 Å². The number of primary amides is 1. The fraction of sp³-hybridized carbons (Fsp3) is 0.941. The van der Waals surface area contributed by atoms with E-state index in [-0.39, 0.29) is 11.9 Å². The molecule has 0 aromatic rings. The monoisotopic (exact) mass is 297 g/mol. The van der Waals surface area contributed by atoms with Gasteiger partial charge in [-0.15, -0.1) is 0 Å². The van der Waals surface area contributed by atoms with E-state index in [1.807, 2.05) is 6.92 Å². The standard InChI is InChI=1S/C17H35N3O/c1-5-7-15-8-6-11-20(12-9-15)13-10-17(4,16(18)21)19-14(2)3/h14-15,19H,5-13H2,1-4H3,(H2,18,21). The van der Waals surface area contributed by atoms with Crippen molar-refractivity contribution in [3.05, 3.63) is 0 Å². The van der Waals surface area contributed by atoms with E-state index in [9.17, 15) is 4.79 Å². The van der Waals surface area contributed by atoms with Gasteiger partial charge in [-0.1, -0.05) is 19.8 Å². The molecule has 1 saturated heterocycles. The summed E-state index contributed by atoms with van der Waals surface area (Å²) in [6.45, 7) is 11.6. The average molecular weight is 297 g/mol. The van der Waals surface area contributed by atoms with Crippen molar-refractivity contribution in [1.29, 1.82) is 0 Å². The van der Waals surface area contributed by atoms with E-state index in [0.717, 1.165) is 25.4 Å². The summed E-state index contributed by atoms with van der Waals surface area (Å²) in [5, 5.41) is 3.34. The Morgan fingerprint density at radius 3 is 2.67 bits per heavy atom. The van der Waals surface area contributed by atoms with Gasteiger partial charge in [-0.25, -0.2) is 0 Å². The molecule has 1 rings (SSSR count). The maximum absolute atomic E-state index is 11.8. The van der Waals surface area contributed by atoms with E-state index in [1.54, 1.807) is 0 Å². The first-order valence-corrected chi connectivity index (χ1v) is 8.67. The number of nitrogens with two attached hydrogens (primary N) is 1. The van der Waals surface area contributed by atoms with Gasteiger partial charge in [-0.2, -0.15) is 0 Å². The Hall–Kier alpha value is -0.610. The Balaban J connectivity index is 2.47. The maximum atomic E-state index is 11.8. The highest BCUT2D eigenvalue weighted by atomic mass is 16.1. The molecule has 0 aromatic carbocycles. The van der Waals surface area contributed by atoms with Crippen molar-refractivity contribution in [2.75, 3.05) is 19.6 Å². The number of nitrogens with zero attached hydrogens (tertiary/aromatic N) is 1. The molecule has 4 nitrogen and oxygen atoms in total. The van der Waals surface area contributed by atoms with Crippen LogP contribution in [0.15, 0.2) is 0 Å². The van der Waals surface area contributed by atoms with Crippen LogP contribution in [0.5, 0.6) is 0 Å². The third-order valence-corrected chi connectivity index (χ3v) is 4.72. The zero-order valence-corrected chi connectivity index (χ0v) is 14.5. The summed E-state index contributed by atoms with van der Waals surface area (Å²) in [4.78, 5) is 14.3. The van der Waals surface area contributed by atoms with Gasteiger partial charge in [-0.3, -0.25) is 4.79 Å². The first-order chi connectivity index (χ1) is 9.87. The summed E-state index contributed by atoms with van der Waals surface area (Å²) in [6, 6.07) is 0.264. The molecule has 2 unspecified atom stereocenters. The molecule has 124 valence electrons. The van der Waals surface area contributed by atoms with Gasteiger partial charge in [0.25, 0.3) is 0 Å². The van der Waals surface area contributed by atoms with E-state index in [4.69, 9.17) is 5.73 Å². The minimum atomic E-state index is -0.594. The number of amides is 1. The second kappa shape index (κ2) is 8.74. The molecule has 2 atom stereocenters. The van der Waals surface area contributed by atoms with E-state index in [1.165, 1.54) is 38.6 Å². The molecule has 1 heterocycles. The first-order valence-electron chi connectivity index (χ1n) is 8.67. The van der Waals surface area contributed by atoms with Gasteiger partial charge < -0.3 is 16.0 Å². The highest BCUT2D eigenvalue weighted by molar-refractivity contribution is 5.84. The summed E-state index contributed by atoms with van der Waals surface area (Å²) in [5.41, 5.74) is 5.01. The Bertz CT molecular complexity index is 319. The van der Waals surface area contributed by atoms with Crippen molar-refractivity contribution in [2.45, 2.75) is 77.8 Å². The number of hydrogen-bond acceptors (Lipinski definition) is 3. The zero-order valence-electron chi connectivity index (χ0n) is 14.5. The number of nitrogens with one attached hydrogen (secondary N) is 1. The highest BCUT2D eigenvalue weighted by Gasteiger charge is 2.31. The van der Waals surface area contributed by atoms with Crippen molar-refractivity contribution in [3.63, 3.8) is 0 Å². The zero-order chi connectivity index (χ0) is 15.9. The lowest BCUT2D eigenvalue weighted by atomic mass is 9.95. The lowest BCUT2D eigenvalue weighted by Crippen LogP contribution is -2.56. The van der Waals surface area contributed by atoms with Crippen LogP contribution in [0, 0.1) is 5.92 Å². The Morgan fingerprint density at radius 1 is 1.38 bits per heavy atom. The van der Waals surface area contributed by atoms with E-state index in [0.29, 0.717) is 0 Å². The van der Waals surface area contributed by atoms with E-state index < -0.39 is 5.54 Å². The van der Waals surface area contributed by atoms with Gasteiger partial charge in [0.15, 0.2) is 0 Å². The second-order valence-electron chi connectivity index (χ2n) is 7.17. The minimum Gasteiger partial charge on any atom is -0.368 e. The van der Waals surface area contributed by atoms with Crippen molar-refractivity contribution in [1.82, 2.24) is 10.2 Å². The van der Waals surface area contributed by atoms with Crippen LogP contribution in [-0.4, -0.2) is 42.0 Å². The van der Waals surface area contributed by atoms with Crippen LogP contribution in [0.2, 0.25) is 0 Å². The van der Waals surface area contributed by atoms with Crippen LogP contribution in [0.1, 0.15) is 66.2 Å². The fourth-order valence-corrected chi connectivity index (χ4v) is 3.43.